The third kappa shape index (κ3) is 8.32. The van der Waals surface area contributed by atoms with Crippen LogP contribution >= 0.6 is 11.6 Å². The van der Waals surface area contributed by atoms with Gasteiger partial charge in [-0.25, -0.2) is 9.78 Å². The van der Waals surface area contributed by atoms with E-state index in [-0.39, 0.29) is 18.0 Å². The first-order valence-electron chi connectivity index (χ1n) is 16.4. The second-order valence-corrected chi connectivity index (χ2v) is 13.6. The van der Waals surface area contributed by atoms with Crippen molar-refractivity contribution >= 4 is 29.5 Å². The van der Waals surface area contributed by atoms with Crippen molar-refractivity contribution < 1.29 is 23.8 Å². The Morgan fingerprint density at radius 2 is 1.67 bits per heavy atom. The number of benzene rings is 2. The van der Waals surface area contributed by atoms with Crippen molar-refractivity contribution in [2.75, 3.05) is 37.7 Å². The van der Waals surface area contributed by atoms with Gasteiger partial charge >= 0.3 is 12.1 Å². The number of halogens is 1. The lowest BCUT2D eigenvalue weighted by atomic mass is 9.88. The van der Waals surface area contributed by atoms with Gasteiger partial charge in [-0.05, 0) is 107 Å². The lowest BCUT2D eigenvalue weighted by Gasteiger charge is -2.33. The number of aryl methyl sites for hydroxylation is 1. The highest BCUT2D eigenvalue weighted by Gasteiger charge is 2.29. The van der Waals surface area contributed by atoms with E-state index >= 15 is 0 Å². The van der Waals surface area contributed by atoms with Crippen LogP contribution in [0.1, 0.15) is 76.0 Å². The number of pyridine rings is 1. The monoisotopic (exact) mass is 647 g/mol. The van der Waals surface area contributed by atoms with E-state index in [0.717, 1.165) is 67.0 Å². The standard InChI is InChI=1S/C37H46ClN3O5/c1-6-44-35(42)27-17-19-40(20-18-27)33-12-8-11-32(39-33)30-9-7-10-31(38)34(30)45-24-29-14-13-28(23-25(29)2)26-15-21-41(22-16-26)36(43)46-37(3,4)5/h7-14,23,26-27H,6,15-22,24H2,1-5H3. The molecule has 0 spiro atoms. The largest absolute Gasteiger partial charge is 0.487 e. The molecule has 2 aliphatic heterocycles. The van der Waals surface area contributed by atoms with E-state index in [4.69, 9.17) is 30.8 Å². The summed E-state index contributed by atoms with van der Waals surface area (Å²) in [6, 6.07) is 18.3. The number of piperidine rings is 2. The van der Waals surface area contributed by atoms with Crippen molar-refractivity contribution in [3.05, 3.63) is 76.3 Å². The molecule has 5 rings (SSSR count). The van der Waals surface area contributed by atoms with Crippen molar-refractivity contribution in [2.45, 2.75) is 78.4 Å². The molecule has 0 atom stereocenters. The zero-order chi connectivity index (χ0) is 32.8. The molecular formula is C37H46ClN3O5. The Labute approximate surface area is 278 Å². The number of amides is 1. The third-order valence-corrected chi connectivity index (χ3v) is 9.07. The van der Waals surface area contributed by atoms with Gasteiger partial charge in [0.15, 0.2) is 0 Å². The Balaban J connectivity index is 1.23. The van der Waals surface area contributed by atoms with E-state index in [9.17, 15) is 9.59 Å². The summed E-state index contributed by atoms with van der Waals surface area (Å²) in [7, 11) is 0. The molecule has 0 aliphatic carbocycles. The molecule has 46 heavy (non-hydrogen) atoms. The van der Waals surface area contributed by atoms with Gasteiger partial charge in [-0.3, -0.25) is 4.79 Å². The third-order valence-electron chi connectivity index (χ3n) is 8.77. The fraction of sp³-hybridized carbons (Fsp3) is 0.486. The molecular weight excluding hydrogens is 602 g/mol. The van der Waals surface area contributed by atoms with Gasteiger partial charge in [-0.1, -0.05) is 41.9 Å². The minimum absolute atomic E-state index is 0.0537. The topological polar surface area (TPSA) is 81.2 Å². The lowest BCUT2D eigenvalue weighted by molar-refractivity contribution is -0.148. The molecule has 0 unspecified atom stereocenters. The number of hydrogen-bond acceptors (Lipinski definition) is 7. The summed E-state index contributed by atoms with van der Waals surface area (Å²) in [4.78, 5) is 33.7. The number of hydrogen-bond donors (Lipinski definition) is 0. The van der Waals surface area contributed by atoms with Crippen LogP contribution in [0.25, 0.3) is 11.3 Å². The summed E-state index contributed by atoms with van der Waals surface area (Å²) in [6.07, 6.45) is 3.09. The molecule has 2 fully saturated rings. The molecule has 8 nitrogen and oxygen atoms in total. The van der Waals surface area contributed by atoms with Gasteiger partial charge in [0, 0.05) is 31.7 Å². The SMILES string of the molecule is CCOC(=O)C1CCN(c2cccc(-c3cccc(Cl)c3OCc3ccc(C4CCN(C(=O)OC(C)(C)C)CC4)cc3C)n2)CC1. The van der Waals surface area contributed by atoms with Crippen LogP contribution in [-0.2, 0) is 20.9 Å². The normalized spacial score (nSPS) is 16.3. The van der Waals surface area contributed by atoms with Crippen LogP contribution in [0.15, 0.2) is 54.6 Å². The molecule has 2 aromatic carbocycles. The Hall–Kier alpha value is -3.78. The highest BCUT2D eigenvalue weighted by molar-refractivity contribution is 6.32. The number of carbonyl (C=O) groups is 2. The van der Waals surface area contributed by atoms with Gasteiger partial charge in [0.25, 0.3) is 0 Å². The summed E-state index contributed by atoms with van der Waals surface area (Å²) in [5.74, 6) is 1.72. The van der Waals surface area contributed by atoms with Gasteiger partial charge in [-0.2, -0.15) is 0 Å². The molecule has 0 bridgehead atoms. The summed E-state index contributed by atoms with van der Waals surface area (Å²) in [6.45, 7) is 13.3. The van der Waals surface area contributed by atoms with E-state index < -0.39 is 5.60 Å². The van der Waals surface area contributed by atoms with Crippen LogP contribution in [0.5, 0.6) is 5.75 Å². The van der Waals surface area contributed by atoms with Gasteiger partial charge in [0.05, 0.1) is 23.2 Å². The van der Waals surface area contributed by atoms with Crippen molar-refractivity contribution in [3.63, 3.8) is 0 Å². The van der Waals surface area contributed by atoms with E-state index in [0.29, 0.717) is 43.0 Å². The van der Waals surface area contributed by atoms with E-state index in [1.165, 1.54) is 5.56 Å². The molecule has 3 aromatic rings. The zero-order valence-electron chi connectivity index (χ0n) is 27.7. The first-order valence-corrected chi connectivity index (χ1v) is 16.8. The predicted octanol–water partition coefficient (Wildman–Crippen LogP) is 8.18. The highest BCUT2D eigenvalue weighted by Crippen LogP contribution is 2.37. The summed E-state index contributed by atoms with van der Waals surface area (Å²) < 4.78 is 17.2. The van der Waals surface area contributed by atoms with Crippen LogP contribution < -0.4 is 9.64 Å². The minimum atomic E-state index is -0.487. The summed E-state index contributed by atoms with van der Waals surface area (Å²) in [5, 5.41) is 0.533. The first kappa shape index (κ1) is 33.6. The van der Waals surface area contributed by atoms with Crippen molar-refractivity contribution in [1.82, 2.24) is 9.88 Å². The highest BCUT2D eigenvalue weighted by atomic mass is 35.5. The minimum Gasteiger partial charge on any atom is -0.487 e. The molecule has 1 aromatic heterocycles. The molecule has 0 N–H and O–H groups in total. The Morgan fingerprint density at radius 3 is 2.35 bits per heavy atom. The van der Waals surface area contributed by atoms with Crippen LogP contribution in [0, 0.1) is 12.8 Å². The van der Waals surface area contributed by atoms with Crippen LogP contribution in [0.2, 0.25) is 5.02 Å². The number of nitrogens with zero attached hydrogens (tertiary/aromatic N) is 3. The number of likely N-dealkylation sites (tertiary alicyclic amines) is 1. The van der Waals surface area contributed by atoms with Crippen LogP contribution in [-0.4, -0.2) is 60.3 Å². The molecule has 246 valence electrons. The van der Waals surface area contributed by atoms with Crippen LogP contribution in [0.4, 0.5) is 10.6 Å². The Kier molecular flexibility index (Phi) is 10.8. The van der Waals surface area contributed by atoms with E-state index in [2.05, 4.69) is 30.0 Å². The maximum absolute atomic E-state index is 12.5. The van der Waals surface area contributed by atoms with Gasteiger partial charge in [0.1, 0.15) is 23.8 Å². The van der Waals surface area contributed by atoms with E-state index in [1.54, 1.807) is 0 Å². The van der Waals surface area contributed by atoms with Crippen molar-refractivity contribution in [2.24, 2.45) is 5.92 Å². The summed E-state index contributed by atoms with van der Waals surface area (Å²) in [5.41, 5.74) is 4.67. The van der Waals surface area contributed by atoms with Gasteiger partial charge in [-0.15, -0.1) is 0 Å². The molecule has 9 heteroatoms. The van der Waals surface area contributed by atoms with Gasteiger partial charge < -0.3 is 24.0 Å². The second-order valence-electron chi connectivity index (χ2n) is 13.2. The van der Waals surface area contributed by atoms with E-state index in [1.807, 2.05) is 69.0 Å². The molecule has 0 saturated carbocycles. The average molecular weight is 648 g/mol. The number of carbonyl (C=O) groups excluding carboxylic acids is 2. The molecule has 0 radical (unpaired) electrons. The molecule has 2 saturated heterocycles. The van der Waals surface area contributed by atoms with Crippen LogP contribution in [0.3, 0.4) is 0 Å². The number of aromatic nitrogens is 1. The first-order chi connectivity index (χ1) is 22.0. The second kappa shape index (κ2) is 14.8. The number of anilines is 1. The fourth-order valence-corrected chi connectivity index (χ4v) is 6.45. The van der Waals surface area contributed by atoms with Crippen molar-refractivity contribution in [3.8, 4) is 17.0 Å². The maximum Gasteiger partial charge on any atom is 0.410 e. The van der Waals surface area contributed by atoms with Gasteiger partial charge in [0.2, 0.25) is 0 Å². The number of esters is 1. The Morgan fingerprint density at radius 1 is 0.957 bits per heavy atom. The predicted molar refractivity (Wildman–Crippen MR) is 182 cm³/mol. The van der Waals surface area contributed by atoms with Crippen molar-refractivity contribution in [1.29, 1.82) is 0 Å². The summed E-state index contributed by atoms with van der Waals surface area (Å²) >= 11 is 6.70. The average Bonchev–Trinajstić information content (AvgIpc) is 3.04. The fourth-order valence-electron chi connectivity index (χ4n) is 6.22. The Bertz CT molecular complexity index is 1520. The molecule has 3 heterocycles. The molecule has 2 aliphatic rings. The zero-order valence-corrected chi connectivity index (χ0v) is 28.4. The quantitative estimate of drug-likeness (QED) is 0.228. The number of rotatable bonds is 8. The lowest BCUT2D eigenvalue weighted by Crippen LogP contribution is -2.41. The maximum atomic E-state index is 12.5. The number of ether oxygens (including phenoxy) is 3. The molecule has 1 amide bonds. The number of para-hydroxylation sites is 1. The smallest absolute Gasteiger partial charge is 0.410 e.